The maximum absolute atomic E-state index is 12.9. The molecule has 0 aliphatic carbocycles. The van der Waals surface area contributed by atoms with Gasteiger partial charge in [-0.05, 0) is 43.5 Å². The van der Waals surface area contributed by atoms with Crippen molar-refractivity contribution in [2.45, 2.75) is 56.4 Å². The molecule has 0 aromatic heterocycles. The van der Waals surface area contributed by atoms with Gasteiger partial charge in [-0.15, -0.1) is 0 Å². The van der Waals surface area contributed by atoms with Gasteiger partial charge in [0.05, 0.1) is 10.6 Å². The van der Waals surface area contributed by atoms with Gasteiger partial charge < -0.3 is 0 Å². The Balaban J connectivity index is 1.87. The van der Waals surface area contributed by atoms with Crippen molar-refractivity contribution >= 4 is 27.5 Å². The van der Waals surface area contributed by atoms with Crippen molar-refractivity contribution in [3.8, 4) is 0 Å². The van der Waals surface area contributed by atoms with Crippen molar-refractivity contribution in [2.75, 3.05) is 11.4 Å². The number of hydrogen-bond donors (Lipinski definition) is 0. The number of piperidine rings is 1. The number of carbonyl (C=O) groups is 2. The summed E-state index contributed by atoms with van der Waals surface area (Å²) in [5, 5.41) is 0. The smallest absolute Gasteiger partial charge is 0.243 e. The number of sulfonamides is 1. The molecular formula is C17H22N2O4S. The van der Waals surface area contributed by atoms with Crippen LogP contribution in [0.2, 0.25) is 0 Å². The van der Waals surface area contributed by atoms with Crippen LogP contribution < -0.4 is 4.90 Å². The topological polar surface area (TPSA) is 74.8 Å². The van der Waals surface area contributed by atoms with Crippen molar-refractivity contribution in [3.05, 3.63) is 24.3 Å². The van der Waals surface area contributed by atoms with E-state index in [0.717, 1.165) is 30.6 Å². The first-order chi connectivity index (χ1) is 11.4. The average Bonchev–Trinajstić information content (AvgIpc) is 2.93. The van der Waals surface area contributed by atoms with Crippen molar-refractivity contribution in [1.82, 2.24) is 4.31 Å². The molecular weight excluding hydrogens is 328 g/mol. The van der Waals surface area contributed by atoms with Gasteiger partial charge >= 0.3 is 0 Å². The number of imide groups is 1. The number of anilines is 1. The highest BCUT2D eigenvalue weighted by molar-refractivity contribution is 7.89. The molecule has 2 fully saturated rings. The zero-order valence-electron chi connectivity index (χ0n) is 13.8. The quantitative estimate of drug-likeness (QED) is 0.781. The minimum absolute atomic E-state index is 0.0464. The molecule has 1 unspecified atom stereocenters. The summed E-state index contributed by atoms with van der Waals surface area (Å²) in [6.45, 7) is 2.55. The van der Waals surface area contributed by atoms with E-state index in [0.29, 0.717) is 12.2 Å². The molecule has 0 saturated carbocycles. The van der Waals surface area contributed by atoms with Crippen molar-refractivity contribution in [3.63, 3.8) is 0 Å². The lowest BCUT2D eigenvalue weighted by Crippen LogP contribution is -2.43. The molecule has 1 aromatic rings. The van der Waals surface area contributed by atoms with E-state index in [2.05, 4.69) is 0 Å². The van der Waals surface area contributed by atoms with Gasteiger partial charge in [-0.3, -0.25) is 14.5 Å². The van der Waals surface area contributed by atoms with Crippen LogP contribution in [-0.2, 0) is 19.6 Å². The highest BCUT2D eigenvalue weighted by Crippen LogP contribution is 2.29. The van der Waals surface area contributed by atoms with E-state index < -0.39 is 10.0 Å². The van der Waals surface area contributed by atoms with Crippen LogP contribution in [0.1, 0.15) is 45.4 Å². The van der Waals surface area contributed by atoms with Gasteiger partial charge in [-0.25, -0.2) is 8.42 Å². The predicted molar refractivity (Wildman–Crippen MR) is 90.0 cm³/mol. The fourth-order valence-electron chi connectivity index (χ4n) is 3.47. The zero-order valence-corrected chi connectivity index (χ0v) is 14.6. The third-order valence-corrected chi connectivity index (χ3v) is 6.76. The number of hydrogen-bond acceptors (Lipinski definition) is 4. The van der Waals surface area contributed by atoms with E-state index in [1.54, 1.807) is 16.4 Å². The van der Waals surface area contributed by atoms with Gasteiger partial charge in [-0.1, -0.05) is 13.3 Å². The van der Waals surface area contributed by atoms with Crippen LogP contribution >= 0.6 is 0 Å². The van der Waals surface area contributed by atoms with E-state index in [1.165, 1.54) is 12.1 Å². The molecule has 130 valence electrons. The molecule has 0 radical (unpaired) electrons. The van der Waals surface area contributed by atoms with Crippen LogP contribution in [0.4, 0.5) is 5.69 Å². The highest BCUT2D eigenvalue weighted by atomic mass is 32.2. The van der Waals surface area contributed by atoms with Crippen LogP contribution in [-0.4, -0.2) is 37.1 Å². The second-order valence-corrected chi connectivity index (χ2v) is 8.18. The van der Waals surface area contributed by atoms with Crippen LogP contribution in [0.5, 0.6) is 0 Å². The van der Waals surface area contributed by atoms with E-state index in [4.69, 9.17) is 0 Å². The fourth-order valence-corrected chi connectivity index (χ4v) is 5.23. The number of nitrogens with zero attached hydrogens (tertiary/aromatic N) is 2. The summed E-state index contributed by atoms with van der Waals surface area (Å²) in [4.78, 5) is 24.9. The molecule has 7 heteroatoms. The minimum atomic E-state index is -3.55. The number of benzene rings is 1. The molecule has 24 heavy (non-hydrogen) atoms. The molecule has 2 saturated heterocycles. The third kappa shape index (κ3) is 2.98. The first-order valence-corrected chi connectivity index (χ1v) is 9.87. The molecule has 2 aliphatic heterocycles. The van der Waals surface area contributed by atoms with Gasteiger partial charge in [-0.2, -0.15) is 4.31 Å². The van der Waals surface area contributed by atoms with Crippen LogP contribution in [0.3, 0.4) is 0 Å². The van der Waals surface area contributed by atoms with Crippen molar-refractivity contribution in [1.29, 1.82) is 0 Å². The Bertz CT molecular complexity index is 726. The Morgan fingerprint density at radius 2 is 1.67 bits per heavy atom. The zero-order chi connectivity index (χ0) is 17.3. The van der Waals surface area contributed by atoms with Crippen LogP contribution in [0.25, 0.3) is 0 Å². The second-order valence-electron chi connectivity index (χ2n) is 6.29. The average molecular weight is 350 g/mol. The predicted octanol–water partition coefficient (Wildman–Crippen LogP) is 2.29. The van der Waals surface area contributed by atoms with Gasteiger partial charge in [0.1, 0.15) is 0 Å². The van der Waals surface area contributed by atoms with E-state index in [9.17, 15) is 18.0 Å². The fraction of sp³-hybridized carbons (Fsp3) is 0.529. The second kappa shape index (κ2) is 6.64. The summed E-state index contributed by atoms with van der Waals surface area (Å²) in [5.41, 5.74) is 0.437. The summed E-state index contributed by atoms with van der Waals surface area (Å²) >= 11 is 0. The molecule has 0 N–H and O–H groups in total. The first-order valence-electron chi connectivity index (χ1n) is 8.43. The first kappa shape index (κ1) is 17.1. The number of amides is 2. The summed E-state index contributed by atoms with van der Waals surface area (Å²) in [7, 11) is -3.55. The van der Waals surface area contributed by atoms with Crippen LogP contribution in [0, 0.1) is 0 Å². The van der Waals surface area contributed by atoms with E-state index in [1.807, 2.05) is 6.92 Å². The largest absolute Gasteiger partial charge is 0.274 e. The summed E-state index contributed by atoms with van der Waals surface area (Å²) in [6, 6.07) is 6.11. The standard InChI is InChI=1S/C17H22N2O4S/c1-2-13-5-3-4-12-18(13)24(22,23)15-8-6-14(7-9-15)19-16(20)10-11-17(19)21/h6-9,13H,2-5,10-12H2,1H3. The molecule has 1 aromatic carbocycles. The summed E-state index contributed by atoms with van der Waals surface area (Å²) in [5.74, 6) is -0.477. The maximum atomic E-state index is 12.9. The molecule has 3 rings (SSSR count). The Kier molecular flexibility index (Phi) is 4.73. The van der Waals surface area contributed by atoms with Crippen LogP contribution in [0.15, 0.2) is 29.2 Å². The monoisotopic (exact) mass is 350 g/mol. The summed E-state index contributed by atoms with van der Waals surface area (Å²) < 4.78 is 27.4. The lowest BCUT2D eigenvalue weighted by molar-refractivity contribution is -0.121. The Labute approximate surface area is 142 Å². The van der Waals surface area contributed by atoms with E-state index in [-0.39, 0.29) is 35.6 Å². The third-order valence-electron chi connectivity index (χ3n) is 4.80. The highest BCUT2D eigenvalue weighted by Gasteiger charge is 2.33. The lowest BCUT2D eigenvalue weighted by Gasteiger charge is -2.34. The lowest BCUT2D eigenvalue weighted by atomic mass is 10.0. The Morgan fingerprint density at radius 1 is 1.04 bits per heavy atom. The molecule has 2 aliphatic rings. The summed E-state index contributed by atoms with van der Waals surface area (Å²) in [6.07, 6.45) is 4.06. The molecule has 0 bridgehead atoms. The molecule has 2 heterocycles. The van der Waals surface area contributed by atoms with Gasteiger partial charge in [0, 0.05) is 25.4 Å². The van der Waals surface area contributed by atoms with Gasteiger partial charge in [0.25, 0.3) is 0 Å². The number of carbonyl (C=O) groups excluding carboxylic acids is 2. The van der Waals surface area contributed by atoms with Gasteiger partial charge in [0.2, 0.25) is 21.8 Å². The maximum Gasteiger partial charge on any atom is 0.243 e. The minimum Gasteiger partial charge on any atom is -0.274 e. The Morgan fingerprint density at radius 3 is 2.25 bits per heavy atom. The molecule has 0 spiro atoms. The normalized spacial score (nSPS) is 23.0. The molecule has 2 amide bonds. The Hall–Kier alpha value is -1.73. The SMILES string of the molecule is CCC1CCCCN1S(=O)(=O)c1ccc(N2C(=O)CCC2=O)cc1. The van der Waals surface area contributed by atoms with Crippen molar-refractivity contribution in [2.24, 2.45) is 0 Å². The molecule has 1 atom stereocenters. The molecule has 6 nitrogen and oxygen atoms in total. The van der Waals surface area contributed by atoms with E-state index >= 15 is 0 Å². The number of rotatable bonds is 4. The van der Waals surface area contributed by atoms with Gasteiger partial charge in [0.15, 0.2) is 0 Å². The van der Waals surface area contributed by atoms with Crippen molar-refractivity contribution < 1.29 is 18.0 Å².